The lowest BCUT2D eigenvalue weighted by molar-refractivity contribution is 0.0692. The molecule has 0 fully saturated rings. The predicted octanol–water partition coefficient (Wildman–Crippen LogP) is 1.69. The first kappa shape index (κ1) is 10.4. The van der Waals surface area contributed by atoms with Gasteiger partial charge in [-0.25, -0.2) is 18.0 Å². The van der Waals surface area contributed by atoms with Crippen LogP contribution in [0.15, 0.2) is 0 Å². The summed E-state index contributed by atoms with van der Waals surface area (Å²) in [6.07, 6.45) is 0. The maximum Gasteiger partial charge on any atom is 0.340 e. The van der Waals surface area contributed by atoms with Gasteiger partial charge in [0, 0.05) is 5.56 Å². The van der Waals surface area contributed by atoms with Gasteiger partial charge in [-0.2, -0.15) is 0 Å². The van der Waals surface area contributed by atoms with Gasteiger partial charge in [-0.1, -0.05) is 0 Å². The molecule has 0 atom stereocenters. The van der Waals surface area contributed by atoms with Crippen molar-refractivity contribution >= 4 is 11.7 Å². The molecule has 0 bridgehead atoms. The molecule has 0 aliphatic heterocycles. The summed E-state index contributed by atoms with van der Waals surface area (Å²) in [5, 5.41) is 8.48. The Labute approximate surface area is 77.0 Å². The SMILES string of the molecule is Cc1c(F)c(F)c(N)c(C(=O)O)c1F. The first-order valence-corrected chi connectivity index (χ1v) is 3.53. The zero-order valence-electron chi connectivity index (χ0n) is 7.07. The fourth-order valence-corrected chi connectivity index (χ4v) is 1.00. The lowest BCUT2D eigenvalue weighted by Gasteiger charge is -2.07. The second kappa shape index (κ2) is 3.21. The van der Waals surface area contributed by atoms with Gasteiger partial charge >= 0.3 is 5.97 Å². The molecule has 0 saturated carbocycles. The molecular formula is C8H6F3NO2. The molecule has 0 amide bonds. The van der Waals surface area contributed by atoms with E-state index in [1.165, 1.54) is 0 Å². The Bertz CT molecular complexity index is 389. The van der Waals surface area contributed by atoms with Crippen molar-refractivity contribution in [1.82, 2.24) is 0 Å². The molecule has 1 aromatic rings. The van der Waals surface area contributed by atoms with Crippen molar-refractivity contribution in [3.63, 3.8) is 0 Å². The maximum atomic E-state index is 13.1. The van der Waals surface area contributed by atoms with E-state index in [0.29, 0.717) is 0 Å². The fourth-order valence-electron chi connectivity index (χ4n) is 1.00. The molecule has 6 heteroatoms. The molecule has 0 unspecified atom stereocenters. The van der Waals surface area contributed by atoms with E-state index < -0.39 is 40.2 Å². The number of carbonyl (C=O) groups is 1. The molecule has 0 aromatic heterocycles. The zero-order chi connectivity index (χ0) is 11.0. The molecule has 3 N–H and O–H groups in total. The standard InChI is InChI=1S/C8H6F3NO2/c1-2-4(9)3(8(13)14)7(12)6(11)5(2)10/h12H2,1H3,(H,13,14). The highest BCUT2D eigenvalue weighted by Crippen LogP contribution is 2.26. The van der Waals surface area contributed by atoms with Gasteiger partial charge in [-0.05, 0) is 6.92 Å². The van der Waals surface area contributed by atoms with Crippen LogP contribution in [-0.2, 0) is 0 Å². The number of anilines is 1. The average molecular weight is 205 g/mol. The second-order valence-corrected chi connectivity index (χ2v) is 2.66. The largest absolute Gasteiger partial charge is 0.478 e. The van der Waals surface area contributed by atoms with Crippen LogP contribution >= 0.6 is 0 Å². The summed E-state index contributed by atoms with van der Waals surface area (Å²) >= 11 is 0. The van der Waals surface area contributed by atoms with Gasteiger partial charge in [-0.3, -0.25) is 0 Å². The first-order valence-electron chi connectivity index (χ1n) is 3.53. The van der Waals surface area contributed by atoms with Gasteiger partial charge in [0.25, 0.3) is 0 Å². The second-order valence-electron chi connectivity index (χ2n) is 2.66. The number of halogens is 3. The van der Waals surface area contributed by atoms with E-state index in [1.54, 1.807) is 0 Å². The molecule has 0 spiro atoms. The number of nitrogen functional groups attached to an aromatic ring is 1. The van der Waals surface area contributed by atoms with E-state index in [4.69, 9.17) is 10.8 Å². The lowest BCUT2D eigenvalue weighted by Crippen LogP contribution is -2.12. The zero-order valence-corrected chi connectivity index (χ0v) is 7.07. The van der Waals surface area contributed by atoms with Gasteiger partial charge in [-0.15, -0.1) is 0 Å². The van der Waals surface area contributed by atoms with Crippen LogP contribution in [0.5, 0.6) is 0 Å². The van der Waals surface area contributed by atoms with E-state index in [9.17, 15) is 18.0 Å². The number of hydrogen-bond acceptors (Lipinski definition) is 2. The Balaban J connectivity index is 3.68. The fraction of sp³-hybridized carbons (Fsp3) is 0.125. The van der Waals surface area contributed by atoms with Crippen molar-refractivity contribution in [2.75, 3.05) is 5.73 Å². The summed E-state index contributed by atoms with van der Waals surface area (Å²) in [6, 6.07) is 0. The summed E-state index contributed by atoms with van der Waals surface area (Å²) in [4.78, 5) is 10.4. The smallest absolute Gasteiger partial charge is 0.340 e. The highest BCUT2D eigenvalue weighted by Gasteiger charge is 2.24. The number of nitrogens with two attached hydrogens (primary N) is 1. The van der Waals surface area contributed by atoms with Crippen LogP contribution in [0.1, 0.15) is 15.9 Å². The maximum absolute atomic E-state index is 13.1. The Morgan fingerprint density at radius 1 is 1.21 bits per heavy atom. The Kier molecular flexibility index (Phi) is 2.37. The van der Waals surface area contributed by atoms with Gasteiger partial charge in [0.1, 0.15) is 11.4 Å². The number of carboxylic acids is 1. The summed E-state index contributed by atoms with van der Waals surface area (Å²) < 4.78 is 38.8. The van der Waals surface area contributed by atoms with Crippen LogP contribution < -0.4 is 5.73 Å². The molecule has 0 radical (unpaired) electrons. The minimum Gasteiger partial charge on any atom is -0.478 e. The number of benzene rings is 1. The van der Waals surface area contributed by atoms with Crippen molar-refractivity contribution in [1.29, 1.82) is 0 Å². The minimum absolute atomic E-state index is 0.700. The van der Waals surface area contributed by atoms with Crippen molar-refractivity contribution in [2.24, 2.45) is 0 Å². The van der Waals surface area contributed by atoms with Crippen molar-refractivity contribution in [2.45, 2.75) is 6.92 Å². The molecule has 0 aliphatic carbocycles. The molecule has 0 saturated heterocycles. The van der Waals surface area contributed by atoms with E-state index in [0.717, 1.165) is 6.92 Å². The lowest BCUT2D eigenvalue weighted by atomic mass is 10.1. The third kappa shape index (κ3) is 1.28. The topological polar surface area (TPSA) is 63.3 Å². The van der Waals surface area contributed by atoms with Gasteiger partial charge in [0.2, 0.25) is 0 Å². The Morgan fingerprint density at radius 2 is 1.71 bits per heavy atom. The number of carboxylic acid groups (broad SMARTS) is 1. The third-order valence-electron chi connectivity index (χ3n) is 1.79. The Hall–Kier alpha value is -1.72. The summed E-state index contributed by atoms with van der Waals surface area (Å²) in [5.41, 5.74) is 2.15. The van der Waals surface area contributed by atoms with Crippen molar-refractivity contribution in [3.8, 4) is 0 Å². The van der Waals surface area contributed by atoms with Crippen LogP contribution in [0, 0.1) is 24.4 Å². The summed E-state index contributed by atoms with van der Waals surface area (Å²) in [6.45, 7) is 0.930. The normalized spacial score (nSPS) is 10.3. The summed E-state index contributed by atoms with van der Waals surface area (Å²) in [5.74, 6) is -6.10. The molecule has 76 valence electrons. The highest BCUT2D eigenvalue weighted by molar-refractivity contribution is 5.94. The van der Waals surface area contributed by atoms with E-state index in [-0.39, 0.29) is 0 Å². The van der Waals surface area contributed by atoms with Gasteiger partial charge in [0.05, 0.1) is 5.69 Å². The quantitative estimate of drug-likeness (QED) is 0.541. The van der Waals surface area contributed by atoms with E-state index in [1.807, 2.05) is 0 Å². The first-order chi connectivity index (χ1) is 6.37. The third-order valence-corrected chi connectivity index (χ3v) is 1.79. The number of aromatic carboxylic acids is 1. The Morgan fingerprint density at radius 3 is 2.14 bits per heavy atom. The molecule has 14 heavy (non-hydrogen) atoms. The molecule has 3 nitrogen and oxygen atoms in total. The minimum atomic E-state index is -1.73. The van der Waals surface area contributed by atoms with Crippen LogP contribution in [-0.4, -0.2) is 11.1 Å². The van der Waals surface area contributed by atoms with Crippen molar-refractivity contribution < 1.29 is 23.1 Å². The molecule has 0 aliphatic rings. The van der Waals surface area contributed by atoms with Gasteiger partial charge < -0.3 is 10.8 Å². The van der Waals surface area contributed by atoms with Crippen LogP contribution in [0.3, 0.4) is 0 Å². The summed E-state index contributed by atoms with van der Waals surface area (Å²) in [7, 11) is 0. The predicted molar refractivity (Wildman–Crippen MR) is 42.4 cm³/mol. The molecule has 1 aromatic carbocycles. The molecule has 1 rings (SSSR count). The highest BCUT2D eigenvalue weighted by atomic mass is 19.2. The number of hydrogen-bond donors (Lipinski definition) is 2. The van der Waals surface area contributed by atoms with Crippen LogP contribution in [0.25, 0.3) is 0 Å². The van der Waals surface area contributed by atoms with Crippen molar-refractivity contribution in [3.05, 3.63) is 28.6 Å². The average Bonchev–Trinajstić information content (AvgIpc) is 2.11. The molecular weight excluding hydrogens is 199 g/mol. The van der Waals surface area contributed by atoms with Crippen LogP contribution in [0.2, 0.25) is 0 Å². The number of rotatable bonds is 1. The van der Waals surface area contributed by atoms with Crippen LogP contribution in [0.4, 0.5) is 18.9 Å². The monoisotopic (exact) mass is 205 g/mol. The van der Waals surface area contributed by atoms with E-state index in [2.05, 4.69) is 0 Å². The van der Waals surface area contributed by atoms with Gasteiger partial charge in [0.15, 0.2) is 11.6 Å². The van der Waals surface area contributed by atoms with E-state index >= 15 is 0 Å². The molecule has 0 heterocycles.